The van der Waals surface area contributed by atoms with Crippen LogP contribution in [-0.4, -0.2) is 47.1 Å². The topological polar surface area (TPSA) is 188 Å². The molecule has 4 rings (SSSR count). The lowest BCUT2D eigenvalue weighted by Gasteiger charge is -2.30. The second-order valence-corrected chi connectivity index (χ2v) is 14.3. The molecule has 1 atom stereocenters. The first-order chi connectivity index (χ1) is 23.8. The van der Waals surface area contributed by atoms with Crippen molar-refractivity contribution in [2.75, 3.05) is 0 Å². The molecule has 0 aliphatic heterocycles. The number of ether oxygens (including phenoxy) is 4. The number of alkyl carbamates (subject to hydrolysis) is 1. The van der Waals surface area contributed by atoms with Gasteiger partial charge in [0, 0.05) is 29.3 Å². The summed E-state index contributed by atoms with van der Waals surface area (Å²) in [6.45, 7) is 10.3. The monoisotopic (exact) mass is 709 g/mol. The van der Waals surface area contributed by atoms with Gasteiger partial charge >= 0.3 is 12.1 Å². The Morgan fingerprint density at radius 1 is 0.745 bits per heavy atom. The zero-order valence-corrected chi connectivity index (χ0v) is 29.5. The number of amidine groups is 1. The number of hydrogen-bond donors (Lipinski definition) is 5. The number of carbonyl (C=O) groups excluding carboxylic acids is 3. The summed E-state index contributed by atoms with van der Waals surface area (Å²) in [4.78, 5) is 38.1. The molecule has 3 aromatic carbocycles. The molecule has 14 heteroatoms. The molecule has 274 valence electrons. The summed E-state index contributed by atoms with van der Waals surface area (Å²) in [5, 5.41) is 13.5. The van der Waals surface area contributed by atoms with Crippen molar-refractivity contribution in [3.8, 4) is 23.0 Å². The molecular formula is C37H45F2N5O7. The van der Waals surface area contributed by atoms with E-state index in [4.69, 9.17) is 35.8 Å². The van der Waals surface area contributed by atoms with Gasteiger partial charge in [-0.25, -0.2) is 18.4 Å². The normalized spacial score (nSPS) is 16.7. The number of nitrogen functional groups attached to an aromatic ring is 1. The van der Waals surface area contributed by atoms with E-state index in [1.165, 1.54) is 18.2 Å². The predicted molar refractivity (Wildman–Crippen MR) is 186 cm³/mol. The molecule has 0 radical (unpaired) electrons. The second kappa shape index (κ2) is 15.8. The summed E-state index contributed by atoms with van der Waals surface area (Å²) < 4.78 is 52.8. The fourth-order valence-corrected chi connectivity index (χ4v) is 5.26. The molecule has 2 amide bonds. The SMILES string of the molecule is CC(C)(C)OC(=O)NC1CCC(NC(=O)c2cc(Oc3ccc(C(=N)N)cc3)cc(Oc3c(F)cc(C(N)C(=O)OC(C)(C)C)cc3F)c2)CC1. The number of amides is 2. The van der Waals surface area contributed by atoms with Gasteiger partial charge in [0.05, 0.1) is 0 Å². The average molecular weight is 710 g/mol. The minimum atomic E-state index is -1.45. The van der Waals surface area contributed by atoms with Gasteiger partial charge in [-0.2, -0.15) is 0 Å². The van der Waals surface area contributed by atoms with Crippen molar-refractivity contribution in [1.82, 2.24) is 10.6 Å². The highest BCUT2D eigenvalue weighted by Gasteiger charge is 2.28. The van der Waals surface area contributed by atoms with Crippen LogP contribution >= 0.6 is 0 Å². The van der Waals surface area contributed by atoms with Crippen LogP contribution in [0.1, 0.15) is 94.8 Å². The third-order valence-electron chi connectivity index (χ3n) is 7.59. The van der Waals surface area contributed by atoms with E-state index in [0.29, 0.717) is 37.0 Å². The van der Waals surface area contributed by atoms with E-state index in [2.05, 4.69) is 10.6 Å². The van der Waals surface area contributed by atoms with Crippen LogP contribution in [-0.2, 0) is 14.3 Å². The lowest BCUT2D eigenvalue weighted by Crippen LogP contribution is -2.45. The summed E-state index contributed by atoms with van der Waals surface area (Å²) in [6, 6.07) is 10.4. The van der Waals surface area contributed by atoms with Crippen LogP contribution in [0.3, 0.4) is 0 Å². The highest BCUT2D eigenvalue weighted by Crippen LogP contribution is 2.35. The van der Waals surface area contributed by atoms with Gasteiger partial charge in [0.25, 0.3) is 5.91 Å². The Morgan fingerprint density at radius 3 is 1.76 bits per heavy atom. The van der Waals surface area contributed by atoms with Gasteiger partial charge in [-0.1, -0.05) is 0 Å². The molecule has 7 N–H and O–H groups in total. The summed E-state index contributed by atoms with van der Waals surface area (Å²) in [7, 11) is 0. The molecule has 0 heterocycles. The van der Waals surface area contributed by atoms with E-state index in [1.54, 1.807) is 65.8 Å². The lowest BCUT2D eigenvalue weighted by atomic mass is 9.91. The zero-order valence-electron chi connectivity index (χ0n) is 29.5. The third-order valence-corrected chi connectivity index (χ3v) is 7.59. The van der Waals surface area contributed by atoms with Gasteiger partial charge in [-0.05, 0) is 121 Å². The highest BCUT2D eigenvalue weighted by molar-refractivity contribution is 5.95. The molecular weight excluding hydrogens is 664 g/mol. The van der Waals surface area contributed by atoms with E-state index < -0.39 is 52.6 Å². The molecule has 1 fully saturated rings. The summed E-state index contributed by atoms with van der Waals surface area (Å²) >= 11 is 0. The quantitative estimate of drug-likeness (QED) is 0.0863. The maximum absolute atomic E-state index is 15.3. The first-order valence-electron chi connectivity index (χ1n) is 16.5. The minimum Gasteiger partial charge on any atom is -0.459 e. The molecule has 0 aromatic heterocycles. The summed E-state index contributed by atoms with van der Waals surface area (Å²) in [6.07, 6.45) is 1.91. The molecule has 0 saturated heterocycles. The Labute approximate surface area is 295 Å². The molecule has 12 nitrogen and oxygen atoms in total. The van der Waals surface area contributed by atoms with E-state index in [0.717, 1.165) is 12.1 Å². The first kappa shape index (κ1) is 38.6. The molecule has 1 aliphatic rings. The Bertz CT molecular complexity index is 1740. The number of esters is 1. The standard InChI is InChI=1S/C37H45F2N5O7/c1-36(2,3)50-34(46)30(40)21-17-28(38)31(29(39)18-21)49-27-16-22(15-26(19-27)48-25-13-7-20(8-14-25)32(41)42)33(45)43-23-9-11-24(12-10-23)44-35(47)51-37(4,5)6/h7-8,13-19,23-24,30H,9-12,40H2,1-6H3,(H3,41,42)(H,43,45)(H,44,47). The largest absolute Gasteiger partial charge is 0.459 e. The molecule has 1 aliphatic carbocycles. The van der Waals surface area contributed by atoms with Crippen LogP contribution in [0.4, 0.5) is 13.6 Å². The minimum absolute atomic E-state index is 0.0845. The van der Waals surface area contributed by atoms with Crippen LogP contribution in [0.5, 0.6) is 23.0 Å². The van der Waals surface area contributed by atoms with Crippen molar-refractivity contribution in [3.63, 3.8) is 0 Å². The van der Waals surface area contributed by atoms with Crippen molar-refractivity contribution in [3.05, 3.63) is 82.9 Å². The third kappa shape index (κ3) is 11.4. The van der Waals surface area contributed by atoms with E-state index in [9.17, 15) is 14.4 Å². The van der Waals surface area contributed by atoms with Crippen molar-refractivity contribution in [1.29, 1.82) is 5.41 Å². The highest BCUT2D eigenvalue weighted by atomic mass is 19.1. The lowest BCUT2D eigenvalue weighted by molar-refractivity contribution is -0.156. The van der Waals surface area contributed by atoms with E-state index in [-0.39, 0.29) is 40.5 Å². The van der Waals surface area contributed by atoms with Crippen LogP contribution in [0.25, 0.3) is 0 Å². The maximum Gasteiger partial charge on any atom is 0.407 e. The number of nitrogens with one attached hydrogen (secondary N) is 3. The van der Waals surface area contributed by atoms with E-state index in [1.807, 2.05) is 0 Å². The fourth-order valence-electron chi connectivity index (χ4n) is 5.26. The van der Waals surface area contributed by atoms with Gasteiger partial charge in [-0.15, -0.1) is 0 Å². The van der Waals surface area contributed by atoms with Gasteiger partial charge in [-0.3, -0.25) is 10.2 Å². The zero-order chi connectivity index (χ0) is 37.7. The molecule has 1 unspecified atom stereocenters. The van der Waals surface area contributed by atoms with Crippen molar-refractivity contribution < 1.29 is 42.1 Å². The van der Waals surface area contributed by atoms with Crippen LogP contribution in [0, 0.1) is 17.0 Å². The average Bonchev–Trinajstić information content (AvgIpc) is 3.01. The Hall–Kier alpha value is -5.24. The van der Waals surface area contributed by atoms with Gasteiger partial charge in [0.15, 0.2) is 17.4 Å². The number of hydrogen-bond acceptors (Lipinski definition) is 9. The predicted octanol–water partition coefficient (Wildman–Crippen LogP) is 6.74. The number of benzene rings is 3. The van der Waals surface area contributed by atoms with Crippen LogP contribution in [0.2, 0.25) is 0 Å². The smallest absolute Gasteiger partial charge is 0.407 e. The molecule has 0 spiro atoms. The van der Waals surface area contributed by atoms with Gasteiger partial charge < -0.3 is 41.0 Å². The van der Waals surface area contributed by atoms with Crippen LogP contribution < -0.4 is 31.6 Å². The Kier molecular flexibility index (Phi) is 11.9. The molecule has 0 bridgehead atoms. The van der Waals surface area contributed by atoms with Crippen molar-refractivity contribution in [2.24, 2.45) is 11.5 Å². The maximum atomic E-state index is 15.3. The number of rotatable bonds is 10. The van der Waals surface area contributed by atoms with E-state index >= 15 is 8.78 Å². The summed E-state index contributed by atoms with van der Waals surface area (Å²) in [5.74, 6) is -4.23. The second-order valence-electron chi connectivity index (χ2n) is 14.3. The summed E-state index contributed by atoms with van der Waals surface area (Å²) in [5.41, 5.74) is 10.4. The first-order valence-corrected chi connectivity index (χ1v) is 16.5. The molecule has 3 aromatic rings. The van der Waals surface area contributed by atoms with Crippen molar-refractivity contribution >= 4 is 23.8 Å². The Balaban J connectivity index is 1.55. The van der Waals surface area contributed by atoms with Gasteiger partial charge in [0.1, 0.15) is 40.3 Å². The van der Waals surface area contributed by atoms with Crippen molar-refractivity contribution in [2.45, 2.75) is 96.6 Å². The Morgan fingerprint density at radius 2 is 1.25 bits per heavy atom. The molecule has 1 saturated carbocycles. The van der Waals surface area contributed by atoms with Crippen LogP contribution in [0.15, 0.2) is 54.6 Å². The van der Waals surface area contributed by atoms with Gasteiger partial charge in [0.2, 0.25) is 0 Å². The number of halogens is 2. The fraction of sp³-hybridized carbons (Fsp3) is 0.405. The molecule has 51 heavy (non-hydrogen) atoms. The number of carbonyl (C=O) groups is 3. The number of nitrogens with two attached hydrogens (primary N) is 2.